The van der Waals surface area contributed by atoms with Crippen LogP contribution in [0.2, 0.25) is 0 Å². The maximum atomic E-state index is 12.8. The zero-order chi connectivity index (χ0) is 21.7. The largest absolute Gasteiger partial charge is 0.452 e. The van der Waals surface area contributed by atoms with Gasteiger partial charge in [-0.1, -0.05) is 6.07 Å². The minimum Gasteiger partial charge on any atom is -0.452 e. The summed E-state index contributed by atoms with van der Waals surface area (Å²) >= 11 is 0. The van der Waals surface area contributed by atoms with Crippen LogP contribution in [0.25, 0.3) is 0 Å². The average molecular weight is 396 g/mol. The lowest BCUT2D eigenvalue weighted by Crippen LogP contribution is -2.35. The van der Waals surface area contributed by atoms with Crippen LogP contribution in [0, 0.1) is 39.0 Å². The predicted molar refractivity (Wildman–Crippen MR) is 113 cm³/mol. The summed E-state index contributed by atoms with van der Waals surface area (Å²) in [7, 11) is 0. The summed E-state index contributed by atoms with van der Waals surface area (Å²) in [5, 5.41) is 8.95. The quantitative estimate of drug-likeness (QED) is 0.651. The number of nitrogens with zero attached hydrogens (tertiary/aromatic N) is 3. The van der Waals surface area contributed by atoms with Crippen LogP contribution in [0.5, 0.6) is 0 Å². The molecule has 0 unspecified atom stereocenters. The molecule has 0 N–H and O–H groups in total. The van der Waals surface area contributed by atoms with E-state index in [4.69, 9.17) is 10.00 Å². The highest BCUT2D eigenvalue weighted by atomic mass is 16.5. The number of ether oxygens (including phenoxy) is 1. The van der Waals surface area contributed by atoms with Gasteiger partial charge in [0, 0.05) is 29.7 Å². The van der Waals surface area contributed by atoms with Gasteiger partial charge in [-0.05, 0) is 70.9 Å². The van der Waals surface area contributed by atoms with Gasteiger partial charge in [0.25, 0.3) is 5.91 Å². The molecule has 0 fully saturated rings. The number of carbonyl (C=O) groups is 2. The van der Waals surface area contributed by atoms with Crippen LogP contribution in [0.3, 0.4) is 0 Å². The molecule has 0 aliphatic heterocycles. The smallest absolute Gasteiger partial charge is 0.340 e. The summed E-state index contributed by atoms with van der Waals surface area (Å²) in [6.45, 7) is 11.7. The van der Waals surface area contributed by atoms with Crippen LogP contribution >= 0.6 is 0 Å². The van der Waals surface area contributed by atoms with Crippen molar-refractivity contribution in [3.05, 3.63) is 52.3 Å². The Labute approximate surface area is 172 Å². The van der Waals surface area contributed by atoms with Gasteiger partial charge >= 0.3 is 5.97 Å². The van der Waals surface area contributed by atoms with Gasteiger partial charge in [0.1, 0.15) is 0 Å². The Morgan fingerprint density at radius 2 is 1.72 bits per heavy atom. The van der Waals surface area contributed by atoms with Gasteiger partial charge in [-0.25, -0.2) is 4.79 Å². The Hall–Kier alpha value is -3.07. The van der Waals surface area contributed by atoms with Crippen LogP contribution in [-0.4, -0.2) is 29.6 Å². The molecule has 0 spiro atoms. The molecule has 0 bridgehead atoms. The summed E-state index contributed by atoms with van der Waals surface area (Å²) in [6.07, 6.45) is 0.197. The molecular formula is C23H29N3O3. The van der Waals surface area contributed by atoms with E-state index in [1.807, 2.05) is 45.9 Å². The average Bonchev–Trinajstić information content (AvgIpc) is 2.93. The van der Waals surface area contributed by atoms with Crippen molar-refractivity contribution in [2.75, 3.05) is 18.1 Å². The molecule has 6 heteroatoms. The van der Waals surface area contributed by atoms with E-state index in [-0.39, 0.29) is 31.5 Å². The number of aryl methyl sites for hydroxylation is 3. The summed E-state index contributed by atoms with van der Waals surface area (Å²) < 4.78 is 7.40. The molecule has 1 aromatic heterocycles. The zero-order valence-corrected chi connectivity index (χ0v) is 18.1. The molecule has 29 heavy (non-hydrogen) atoms. The predicted octanol–water partition coefficient (Wildman–Crippen LogP) is 4.41. The number of anilines is 1. The molecule has 1 amide bonds. The van der Waals surface area contributed by atoms with Crippen LogP contribution < -0.4 is 4.90 Å². The lowest BCUT2D eigenvalue weighted by Gasteiger charge is -2.22. The Bertz CT molecular complexity index is 931. The van der Waals surface area contributed by atoms with Crippen molar-refractivity contribution < 1.29 is 14.3 Å². The fourth-order valence-corrected chi connectivity index (χ4v) is 3.73. The molecule has 0 saturated heterocycles. The molecule has 6 nitrogen and oxygen atoms in total. The fraction of sp³-hybridized carbons (Fsp3) is 0.435. The minimum absolute atomic E-state index is 0.197. The highest BCUT2D eigenvalue weighted by Gasteiger charge is 2.22. The molecule has 0 aliphatic rings. The van der Waals surface area contributed by atoms with E-state index in [1.54, 1.807) is 6.07 Å². The van der Waals surface area contributed by atoms with E-state index in [0.717, 1.165) is 22.5 Å². The van der Waals surface area contributed by atoms with E-state index in [0.29, 0.717) is 11.3 Å². The first-order chi connectivity index (χ1) is 13.6. The van der Waals surface area contributed by atoms with Crippen molar-refractivity contribution >= 4 is 17.6 Å². The normalized spacial score (nSPS) is 10.7. The highest BCUT2D eigenvalue weighted by Crippen LogP contribution is 2.22. The second-order valence-electron chi connectivity index (χ2n) is 7.62. The number of benzene rings is 1. The fourth-order valence-electron chi connectivity index (χ4n) is 3.73. The third kappa shape index (κ3) is 5.26. The number of hydrogen-bond donors (Lipinski definition) is 0. The molecule has 0 atom stereocenters. The second kappa shape index (κ2) is 9.42. The van der Waals surface area contributed by atoms with Crippen LogP contribution in [0.4, 0.5) is 5.69 Å². The van der Waals surface area contributed by atoms with Gasteiger partial charge in [0.05, 0.1) is 18.1 Å². The van der Waals surface area contributed by atoms with E-state index in [2.05, 4.69) is 24.5 Å². The van der Waals surface area contributed by atoms with Gasteiger partial charge in [0.15, 0.2) is 6.61 Å². The lowest BCUT2D eigenvalue weighted by molar-refractivity contribution is -0.121. The summed E-state index contributed by atoms with van der Waals surface area (Å²) in [4.78, 5) is 26.9. The lowest BCUT2D eigenvalue weighted by atomic mass is 10.1. The number of hydrogen-bond acceptors (Lipinski definition) is 4. The zero-order valence-electron chi connectivity index (χ0n) is 18.1. The third-order valence-corrected chi connectivity index (χ3v) is 4.81. The first-order valence-corrected chi connectivity index (χ1v) is 9.76. The number of carbonyl (C=O) groups excluding carboxylic acids is 2. The van der Waals surface area contributed by atoms with Crippen molar-refractivity contribution in [2.24, 2.45) is 0 Å². The molecular weight excluding hydrogens is 366 g/mol. The van der Waals surface area contributed by atoms with Crippen molar-refractivity contribution in [3.63, 3.8) is 0 Å². The van der Waals surface area contributed by atoms with Crippen LogP contribution in [-0.2, 0) is 9.53 Å². The SMILES string of the molecule is Cc1cc(C)cc(N(CCC#N)C(=O)COC(=O)c2cc(C)n(C(C)C)c2C)c1. The molecule has 0 radical (unpaired) electrons. The van der Waals surface area contributed by atoms with E-state index >= 15 is 0 Å². The number of esters is 1. The molecule has 0 aliphatic carbocycles. The Morgan fingerprint density at radius 1 is 1.10 bits per heavy atom. The minimum atomic E-state index is -0.515. The molecule has 2 rings (SSSR count). The summed E-state index contributed by atoms with van der Waals surface area (Å²) in [5.74, 6) is -0.865. The van der Waals surface area contributed by atoms with Crippen molar-refractivity contribution in [1.29, 1.82) is 5.26 Å². The molecule has 1 aromatic carbocycles. The summed E-state index contributed by atoms with van der Waals surface area (Å²) in [5.41, 5.74) is 5.02. The number of aromatic nitrogens is 1. The highest BCUT2D eigenvalue weighted by molar-refractivity contribution is 5.97. The maximum absolute atomic E-state index is 12.8. The topological polar surface area (TPSA) is 75.3 Å². The van der Waals surface area contributed by atoms with Crippen molar-refractivity contribution in [1.82, 2.24) is 4.57 Å². The molecule has 1 heterocycles. The number of amides is 1. The Balaban J connectivity index is 2.17. The van der Waals surface area contributed by atoms with Crippen molar-refractivity contribution in [3.8, 4) is 6.07 Å². The molecule has 154 valence electrons. The second-order valence-corrected chi connectivity index (χ2v) is 7.62. The van der Waals surface area contributed by atoms with Gasteiger partial charge in [-0.15, -0.1) is 0 Å². The van der Waals surface area contributed by atoms with E-state index in [1.165, 1.54) is 4.90 Å². The Kier molecular flexibility index (Phi) is 7.22. The molecule has 0 saturated carbocycles. The first kappa shape index (κ1) is 22.2. The third-order valence-electron chi connectivity index (χ3n) is 4.81. The van der Waals surface area contributed by atoms with Gasteiger partial charge in [0.2, 0.25) is 0 Å². The monoisotopic (exact) mass is 395 g/mol. The van der Waals surface area contributed by atoms with E-state index < -0.39 is 5.97 Å². The van der Waals surface area contributed by atoms with Crippen LogP contribution in [0.15, 0.2) is 24.3 Å². The van der Waals surface area contributed by atoms with Gasteiger partial charge in [-0.2, -0.15) is 5.26 Å². The van der Waals surface area contributed by atoms with Crippen molar-refractivity contribution in [2.45, 2.75) is 54.0 Å². The Morgan fingerprint density at radius 3 is 2.24 bits per heavy atom. The van der Waals surface area contributed by atoms with Gasteiger partial charge < -0.3 is 14.2 Å². The summed E-state index contributed by atoms with van der Waals surface area (Å²) in [6, 6.07) is 9.88. The van der Waals surface area contributed by atoms with Gasteiger partial charge in [-0.3, -0.25) is 4.79 Å². The standard InChI is InChI=1S/C23H29N3O3/c1-15(2)26-18(5)13-21(19(26)6)23(28)29-14-22(27)25(9-7-8-24)20-11-16(3)10-17(4)12-20/h10-13,15H,7,9,14H2,1-6H3. The molecule has 2 aromatic rings. The number of rotatable bonds is 7. The maximum Gasteiger partial charge on any atom is 0.340 e. The van der Waals surface area contributed by atoms with Crippen LogP contribution in [0.1, 0.15) is 59.2 Å². The number of nitriles is 1. The van der Waals surface area contributed by atoms with E-state index in [9.17, 15) is 9.59 Å². The first-order valence-electron chi connectivity index (χ1n) is 9.76.